The average molecular weight is 424 g/mol. The van der Waals surface area contributed by atoms with E-state index in [0.717, 1.165) is 5.56 Å². The average Bonchev–Trinajstić information content (AvgIpc) is 3.36. The fourth-order valence-corrected chi connectivity index (χ4v) is 3.92. The van der Waals surface area contributed by atoms with Crippen LogP contribution >= 0.6 is 11.3 Å². The zero-order valence-corrected chi connectivity index (χ0v) is 17.7. The number of aryl methyl sites for hydroxylation is 1. The van der Waals surface area contributed by atoms with Crippen LogP contribution in [0.1, 0.15) is 16.2 Å². The van der Waals surface area contributed by atoms with Crippen molar-refractivity contribution < 1.29 is 19.0 Å². The maximum Gasteiger partial charge on any atom is 0.276 e. The fourth-order valence-electron chi connectivity index (χ4n) is 3.21. The Labute approximate surface area is 177 Å². The number of ether oxygens (including phenoxy) is 3. The molecule has 0 saturated heterocycles. The van der Waals surface area contributed by atoms with E-state index < -0.39 is 0 Å². The lowest BCUT2D eigenvalue weighted by Gasteiger charge is -2.08. The van der Waals surface area contributed by atoms with Crippen LogP contribution in [0.5, 0.6) is 17.2 Å². The molecule has 0 atom stereocenters. The molecule has 0 aliphatic heterocycles. The Morgan fingerprint density at radius 2 is 1.87 bits per heavy atom. The van der Waals surface area contributed by atoms with E-state index in [1.165, 1.54) is 11.3 Å². The number of imidazole rings is 1. The summed E-state index contributed by atoms with van der Waals surface area (Å²) in [5, 5.41) is 5.19. The van der Waals surface area contributed by atoms with Crippen molar-refractivity contribution in [2.75, 3.05) is 26.6 Å². The van der Waals surface area contributed by atoms with Gasteiger partial charge in [0.25, 0.3) is 5.91 Å². The first-order valence-electron chi connectivity index (χ1n) is 9.06. The molecule has 0 fully saturated rings. The molecule has 3 heterocycles. The first-order chi connectivity index (χ1) is 14.5. The number of amides is 1. The number of hydrogen-bond acceptors (Lipinski definition) is 7. The van der Waals surface area contributed by atoms with Gasteiger partial charge in [0, 0.05) is 17.1 Å². The summed E-state index contributed by atoms with van der Waals surface area (Å²) in [6.07, 6.45) is 1.78. The molecule has 1 aromatic carbocycles. The SMILES string of the molecule is COc1ccc(OC)c(-c2csc(NC(=O)c3c(C)nc4c(OC)cccn34)n2)c1. The van der Waals surface area contributed by atoms with Crippen LogP contribution < -0.4 is 19.5 Å². The molecule has 0 saturated carbocycles. The number of aromatic nitrogens is 3. The number of benzene rings is 1. The van der Waals surface area contributed by atoms with Gasteiger partial charge in [-0.15, -0.1) is 11.3 Å². The number of fused-ring (bicyclic) bond motifs is 1. The topological polar surface area (TPSA) is 87.0 Å². The largest absolute Gasteiger partial charge is 0.497 e. The Hall–Kier alpha value is -3.59. The van der Waals surface area contributed by atoms with Crippen molar-refractivity contribution in [1.82, 2.24) is 14.4 Å². The molecule has 8 nitrogen and oxygen atoms in total. The van der Waals surface area contributed by atoms with Gasteiger partial charge in [-0.05, 0) is 37.3 Å². The Kier molecular flexibility index (Phi) is 5.28. The minimum absolute atomic E-state index is 0.299. The van der Waals surface area contributed by atoms with Gasteiger partial charge < -0.3 is 14.2 Å². The number of pyridine rings is 1. The molecule has 0 aliphatic rings. The number of hydrogen-bond donors (Lipinski definition) is 1. The zero-order chi connectivity index (χ0) is 21.3. The predicted octanol–water partition coefficient (Wildman–Crippen LogP) is 4.04. The first kappa shape index (κ1) is 19.7. The molecule has 0 bridgehead atoms. The molecule has 0 radical (unpaired) electrons. The molecule has 9 heteroatoms. The summed E-state index contributed by atoms with van der Waals surface area (Å²) in [5.41, 5.74) is 3.08. The van der Waals surface area contributed by atoms with E-state index in [2.05, 4.69) is 15.3 Å². The third-order valence-electron chi connectivity index (χ3n) is 4.63. The van der Waals surface area contributed by atoms with Crippen molar-refractivity contribution in [2.45, 2.75) is 6.92 Å². The number of thiazole rings is 1. The minimum Gasteiger partial charge on any atom is -0.497 e. The molecule has 0 spiro atoms. The lowest BCUT2D eigenvalue weighted by atomic mass is 10.1. The van der Waals surface area contributed by atoms with Gasteiger partial charge in [0.1, 0.15) is 17.2 Å². The summed E-state index contributed by atoms with van der Waals surface area (Å²) in [5.74, 6) is 1.66. The van der Waals surface area contributed by atoms with E-state index >= 15 is 0 Å². The van der Waals surface area contributed by atoms with E-state index in [-0.39, 0.29) is 5.91 Å². The van der Waals surface area contributed by atoms with Crippen LogP contribution in [0.2, 0.25) is 0 Å². The Morgan fingerprint density at radius 1 is 1.07 bits per heavy atom. The van der Waals surface area contributed by atoms with E-state index in [1.807, 2.05) is 23.6 Å². The molecule has 30 heavy (non-hydrogen) atoms. The second-order valence-corrected chi connectivity index (χ2v) is 7.23. The highest BCUT2D eigenvalue weighted by molar-refractivity contribution is 7.14. The molecular weight excluding hydrogens is 404 g/mol. The summed E-state index contributed by atoms with van der Waals surface area (Å²) < 4.78 is 17.8. The van der Waals surface area contributed by atoms with Gasteiger partial charge in [-0.25, -0.2) is 9.97 Å². The van der Waals surface area contributed by atoms with Crippen molar-refractivity contribution in [2.24, 2.45) is 0 Å². The van der Waals surface area contributed by atoms with Gasteiger partial charge in [0.2, 0.25) is 0 Å². The van der Waals surface area contributed by atoms with Crippen molar-refractivity contribution in [3.63, 3.8) is 0 Å². The Morgan fingerprint density at radius 3 is 2.60 bits per heavy atom. The van der Waals surface area contributed by atoms with Crippen molar-refractivity contribution in [3.8, 4) is 28.5 Å². The fraction of sp³-hybridized carbons (Fsp3) is 0.190. The lowest BCUT2D eigenvalue weighted by Crippen LogP contribution is -2.15. The van der Waals surface area contributed by atoms with E-state index in [9.17, 15) is 4.79 Å². The number of methoxy groups -OCH3 is 3. The highest BCUT2D eigenvalue weighted by Gasteiger charge is 2.20. The molecular formula is C21H20N4O4S. The zero-order valence-electron chi connectivity index (χ0n) is 16.9. The third-order valence-corrected chi connectivity index (χ3v) is 5.39. The summed E-state index contributed by atoms with van der Waals surface area (Å²) >= 11 is 1.33. The van der Waals surface area contributed by atoms with Crippen LogP contribution in [0.3, 0.4) is 0 Å². The van der Waals surface area contributed by atoms with Gasteiger partial charge in [-0.3, -0.25) is 14.5 Å². The van der Waals surface area contributed by atoms with Crippen LogP contribution in [-0.2, 0) is 0 Å². The molecule has 4 rings (SSSR count). The van der Waals surface area contributed by atoms with Gasteiger partial charge >= 0.3 is 0 Å². The molecule has 4 aromatic rings. The van der Waals surface area contributed by atoms with E-state index in [1.54, 1.807) is 51.0 Å². The van der Waals surface area contributed by atoms with Crippen LogP contribution in [0.4, 0.5) is 5.13 Å². The van der Waals surface area contributed by atoms with Crippen LogP contribution in [0, 0.1) is 6.92 Å². The predicted molar refractivity (Wildman–Crippen MR) is 115 cm³/mol. The highest BCUT2D eigenvalue weighted by Crippen LogP contribution is 2.35. The molecule has 3 aromatic heterocycles. The highest BCUT2D eigenvalue weighted by atomic mass is 32.1. The third kappa shape index (κ3) is 3.43. The monoisotopic (exact) mass is 424 g/mol. The van der Waals surface area contributed by atoms with Crippen LogP contribution in [0.25, 0.3) is 16.9 Å². The number of rotatable bonds is 6. The van der Waals surface area contributed by atoms with Gasteiger partial charge in [-0.2, -0.15) is 0 Å². The standard InChI is InChI=1S/C21H20N4O4S/c1-12-18(25-9-5-6-17(29-4)19(25)22-12)20(26)24-21-23-15(11-30-21)14-10-13(27-2)7-8-16(14)28-3/h5-11H,1-4H3,(H,23,24,26). The number of carbonyl (C=O) groups is 1. The van der Waals surface area contributed by atoms with Gasteiger partial charge in [-0.1, -0.05) is 0 Å². The number of carbonyl (C=O) groups excluding carboxylic acids is 1. The summed E-state index contributed by atoms with van der Waals surface area (Å²) in [6, 6.07) is 9.10. The molecule has 0 unspecified atom stereocenters. The maximum absolute atomic E-state index is 13.0. The summed E-state index contributed by atoms with van der Waals surface area (Å²) in [4.78, 5) is 22.0. The van der Waals surface area contributed by atoms with Crippen molar-refractivity contribution in [1.29, 1.82) is 0 Å². The second kappa shape index (κ2) is 8.03. The molecule has 154 valence electrons. The minimum atomic E-state index is -0.299. The van der Waals surface area contributed by atoms with Crippen molar-refractivity contribution >= 4 is 28.0 Å². The Balaban J connectivity index is 1.65. The maximum atomic E-state index is 13.0. The van der Waals surface area contributed by atoms with E-state index in [0.29, 0.717) is 45.1 Å². The number of nitrogens with zero attached hydrogens (tertiary/aromatic N) is 3. The molecule has 1 amide bonds. The quantitative estimate of drug-likeness (QED) is 0.503. The summed E-state index contributed by atoms with van der Waals surface area (Å²) in [7, 11) is 4.77. The number of anilines is 1. The van der Waals surface area contributed by atoms with Gasteiger partial charge in [0.15, 0.2) is 16.5 Å². The Bertz CT molecular complexity index is 1230. The smallest absolute Gasteiger partial charge is 0.276 e. The van der Waals surface area contributed by atoms with Gasteiger partial charge in [0.05, 0.1) is 32.7 Å². The van der Waals surface area contributed by atoms with Crippen molar-refractivity contribution in [3.05, 3.63) is 53.3 Å². The normalized spacial score (nSPS) is 10.8. The molecule has 1 N–H and O–H groups in total. The summed E-state index contributed by atoms with van der Waals surface area (Å²) in [6.45, 7) is 1.79. The molecule has 0 aliphatic carbocycles. The number of nitrogens with one attached hydrogen (secondary N) is 1. The first-order valence-corrected chi connectivity index (χ1v) is 9.94. The second-order valence-electron chi connectivity index (χ2n) is 6.37. The lowest BCUT2D eigenvalue weighted by molar-refractivity contribution is 0.102. The van der Waals surface area contributed by atoms with E-state index in [4.69, 9.17) is 14.2 Å². The van der Waals surface area contributed by atoms with Crippen LogP contribution in [0.15, 0.2) is 41.9 Å². The van der Waals surface area contributed by atoms with Crippen LogP contribution in [-0.4, -0.2) is 41.6 Å².